The van der Waals surface area contributed by atoms with E-state index in [2.05, 4.69) is 0 Å². The van der Waals surface area contributed by atoms with Crippen LogP contribution in [0.1, 0.15) is 13.3 Å². The number of hydrogen-bond acceptors (Lipinski definition) is 4. The van der Waals surface area contributed by atoms with Gasteiger partial charge in [0.05, 0.1) is 16.5 Å². The second-order valence-corrected chi connectivity index (χ2v) is 6.40. The van der Waals surface area contributed by atoms with Gasteiger partial charge >= 0.3 is 0 Å². The summed E-state index contributed by atoms with van der Waals surface area (Å²) in [7, 11) is -3.02. The summed E-state index contributed by atoms with van der Waals surface area (Å²) in [6.45, 7) is 1.93. The third kappa shape index (κ3) is 4.83. The van der Waals surface area contributed by atoms with E-state index in [4.69, 9.17) is 22.1 Å². The van der Waals surface area contributed by atoms with Crippen LogP contribution in [0, 0.1) is 0 Å². The fourth-order valence-electron chi connectivity index (χ4n) is 1.33. The zero-order valence-corrected chi connectivity index (χ0v) is 11.2. The predicted molar refractivity (Wildman–Crippen MR) is 70.3 cm³/mol. The second kappa shape index (κ2) is 6.12. The summed E-state index contributed by atoms with van der Waals surface area (Å²) < 4.78 is 28.2. The van der Waals surface area contributed by atoms with E-state index in [0.29, 0.717) is 22.9 Å². The molecule has 0 aliphatic heterocycles. The van der Waals surface area contributed by atoms with Gasteiger partial charge in [-0.2, -0.15) is 0 Å². The van der Waals surface area contributed by atoms with Crippen LogP contribution in [-0.4, -0.2) is 26.5 Å². The lowest BCUT2D eigenvalue weighted by Gasteiger charge is -2.08. The Bertz CT molecular complexity index is 474. The van der Waals surface area contributed by atoms with Crippen LogP contribution in [0.3, 0.4) is 0 Å². The summed E-state index contributed by atoms with van der Waals surface area (Å²) in [5, 5.41) is 0.387. The number of benzene rings is 1. The molecule has 1 aromatic carbocycles. The Labute approximate surface area is 107 Å². The number of hydrogen-bond donors (Lipinski definition) is 1. The van der Waals surface area contributed by atoms with Crippen molar-refractivity contribution in [2.45, 2.75) is 13.3 Å². The van der Waals surface area contributed by atoms with E-state index in [1.54, 1.807) is 18.2 Å². The first kappa shape index (κ1) is 14.1. The van der Waals surface area contributed by atoms with E-state index in [1.165, 1.54) is 0 Å². The monoisotopic (exact) mass is 277 g/mol. The number of sulfone groups is 1. The van der Waals surface area contributed by atoms with Gasteiger partial charge in [-0.3, -0.25) is 0 Å². The molecule has 0 unspecified atom stereocenters. The second-order valence-electron chi connectivity index (χ2n) is 3.69. The molecule has 0 spiro atoms. The Balaban J connectivity index is 2.51. The molecule has 0 heterocycles. The molecule has 17 heavy (non-hydrogen) atoms. The maximum absolute atomic E-state index is 11.4. The molecule has 0 radical (unpaired) electrons. The normalized spacial score (nSPS) is 11.4. The summed E-state index contributed by atoms with van der Waals surface area (Å²) in [5.74, 6) is 0.639. The van der Waals surface area contributed by atoms with Crippen molar-refractivity contribution in [2.75, 3.05) is 23.8 Å². The van der Waals surface area contributed by atoms with Gasteiger partial charge < -0.3 is 10.5 Å². The molecule has 96 valence electrons. The Hall–Kier alpha value is -0.940. The number of halogens is 1. The molecular formula is C11H16ClNO3S. The van der Waals surface area contributed by atoms with Gasteiger partial charge in [-0.05, 0) is 24.6 Å². The molecule has 0 saturated heterocycles. The minimum Gasteiger partial charge on any atom is -0.491 e. The standard InChI is InChI=1S/C11H16ClNO3S/c1-2-6-17(14,15)7-5-16-11-4-3-9(13)8-10(11)12/h3-4,8H,2,5-7,13H2,1H3. The first-order valence-corrected chi connectivity index (χ1v) is 7.53. The molecule has 0 aliphatic carbocycles. The number of nitrogen functional groups attached to an aromatic ring is 1. The maximum Gasteiger partial charge on any atom is 0.153 e. The van der Waals surface area contributed by atoms with Crippen molar-refractivity contribution < 1.29 is 13.2 Å². The number of ether oxygens (including phenoxy) is 1. The van der Waals surface area contributed by atoms with Crippen LogP contribution in [-0.2, 0) is 9.84 Å². The lowest BCUT2D eigenvalue weighted by atomic mass is 10.3. The van der Waals surface area contributed by atoms with Crippen LogP contribution < -0.4 is 10.5 Å². The average Bonchev–Trinajstić information content (AvgIpc) is 2.21. The third-order valence-corrected chi connectivity index (χ3v) is 4.24. The van der Waals surface area contributed by atoms with Crippen LogP contribution in [0.4, 0.5) is 5.69 Å². The smallest absolute Gasteiger partial charge is 0.153 e. The predicted octanol–water partition coefficient (Wildman–Crippen LogP) is 2.13. The molecule has 0 bridgehead atoms. The highest BCUT2D eigenvalue weighted by Gasteiger charge is 2.10. The fraction of sp³-hybridized carbons (Fsp3) is 0.455. The van der Waals surface area contributed by atoms with E-state index in [9.17, 15) is 8.42 Å². The van der Waals surface area contributed by atoms with Crippen molar-refractivity contribution in [1.82, 2.24) is 0 Å². The number of anilines is 1. The van der Waals surface area contributed by atoms with Crippen molar-refractivity contribution in [3.8, 4) is 5.75 Å². The van der Waals surface area contributed by atoms with Crippen molar-refractivity contribution in [3.05, 3.63) is 23.2 Å². The van der Waals surface area contributed by atoms with Gasteiger partial charge in [-0.25, -0.2) is 8.42 Å². The van der Waals surface area contributed by atoms with Crippen LogP contribution >= 0.6 is 11.6 Å². The Morgan fingerprint density at radius 2 is 2.06 bits per heavy atom. The van der Waals surface area contributed by atoms with Gasteiger partial charge in [-0.15, -0.1) is 0 Å². The van der Waals surface area contributed by atoms with Crippen molar-refractivity contribution in [3.63, 3.8) is 0 Å². The molecule has 1 aromatic rings. The summed E-state index contributed by atoms with van der Waals surface area (Å²) >= 11 is 5.89. The maximum atomic E-state index is 11.4. The van der Waals surface area contributed by atoms with Crippen molar-refractivity contribution in [2.24, 2.45) is 0 Å². The largest absolute Gasteiger partial charge is 0.491 e. The van der Waals surface area contributed by atoms with Gasteiger partial charge in [0.25, 0.3) is 0 Å². The summed E-state index contributed by atoms with van der Waals surface area (Å²) in [6, 6.07) is 4.85. The van der Waals surface area contributed by atoms with Gasteiger partial charge in [0, 0.05) is 5.69 Å². The molecule has 0 amide bonds. The Morgan fingerprint density at radius 1 is 1.35 bits per heavy atom. The molecule has 0 atom stereocenters. The quantitative estimate of drug-likeness (QED) is 0.809. The molecule has 4 nitrogen and oxygen atoms in total. The van der Waals surface area contributed by atoms with Gasteiger partial charge in [-0.1, -0.05) is 18.5 Å². The topological polar surface area (TPSA) is 69.4 Å². The van der Waals surface area contributed by atoms with E-state index in [1.807, 2.05) is 6.92 Å². The highest BCUT2D eigenvalue weighted by molar-refractivity contribution is 7.91. The number of nitrogens with two attached hydrogens (primary N) is 1. The highest BCUT2D eigenvalue weighted by atomic mass is 35.5. The molecular weight excluding hydrogens is 262 g/mol. The van der Waals surface area contributed by atoms with Crippen LogP contribution in [0.25, 0.3) is 0 Å². The lowest BCUT2D eigenvalue weighted by Crippen LogP contribution is -2.16. The summed E-state index contributed by atoms with van der Waals surface area (Å²) in [5.41, 5.74) is 6.07. The minimum atomic E-state index is -3.02. The molecule has 1 rings (SSSR count). The van der Waals surface area contributed by atoms with Gasteiger partial charge in [0.15, 0.2) is 9.84 Å². The molecule has 2 N–H and O–H groups in total. The minimum absolute atomic E-state index is 0.00153. The van der Waals surface area contributed by atoms with Crippen LogP contribution in [0.5, 0.6) is 5.75 Å². The molecule has 6 heteroatoms. The lowest BCUT2D eigenvalue weighted by molar-refractivity contribution is 0.341. The summed E-state index contributed by atoms with van der Waals surface area (Å²) in [4.78, 5) is 0. The zero-order valence-electron chi connectivity index (χ0n) is 9.65. The van der Waals surface area contributed by atoms with Gasteiger partial charge in [0.1, 0.15) is 12.4 Å². The summed E-state index contributed by atoms with van der Waals surface area (Å²) in [6.07, 6.45) is 0.616. The molecule has 0 aliphatic rings. The SMILES string of the molecule is CCCS(=O)(=O)CCOc1ccc(N)cc1Cl. The van der Waals surface area contributed by atoms with Crippen LogP contribution in [0.2, 0.25) is 5.02 Å². The van der Waals surface area contributed by atoms with E-state index in [-0.39, 0.29) is 18.1 Å². The van der Waals surface area contributed by atoms with Crippen molar-refractivity contribution >= 4 is 27.1 Å². The number of rotatable bonds is 6. The fourth-order valence-corrected chi connectivity index (χ4v) is 2.73. The zero-order chi connectivity index (χ0) is 12.9. The molecule has 0 aromatic heterocycles. The Kier molecular flexibility index (Phi) is 5.08. The first-order valence-electron chi connectivity index (χ1n) is 5.33. The average molecular weight is 278 g/mol. The third-order valence-electron chi connectivity index (χ3n) is 2.12. The molecule has 0 fully saturated rings. The van der Waals surface area contributed by atoms with Gasteiger partial charge in [0.2, 0.25) is 0 Å². The van der Waals surface area contributed by atoms with E-state index >= 15 is 0 Å². The molecule has 0 saturated carbocycles. The van der Waals surface area contributed by atoms with E-state index in [0.717, 1.165) is 0 Å². The van der Waals surface area contributed by atoms with E-state index < -0.39 is 9.84 Å². The van der Waals surface area contributed by atoms with Crippen molar-refractivity contribution in [1.29, 1.82) is 0 Å². The highest BCUT2D eigenvalue weighted by Crippen LogP contribution is 2.26. The Morgan fingerprint density at radius 3 is 2.65 bits per heavy atom. The first-order chi connectivity index (χ1) is 7.94. The van der Waals surface area contributed by atoms with Crippen LogP contribution in [0.15, 0.2) is 18.2 Å².